The Kier molecular flexibility index (Phi) is 5.30. The van der Waals surface area contributed by atoms with E-state index in [4.69, 9.17) is 13.9 Å². The summed E-state index contributed by atoms with van der Waals surface area (Å²) in [6.07, 6.45) is -4.70. The fraction of sp³-hybridized carbons (Fsp3) is 0.222. The second kappa shape index (κ2) is 7.67. The molecule has 0 saturated carbocycles. The van der Waals surface area contributed by atoms with Gasteiger partial charge in [-0.25, -0.2) is 0 Å². The molecule has 3 rings (SSSR count). The van der Waals surface area contributed by atoms with Gasteiger partial charge in [-0.2, -0.15) is 18.3 Å². The summed E-state index contributed by atoms with van der Waals surface area (Å²) in [4.78, 5) is 12.3. The summed E-state index contributed by atoms with van der Waals surface area (Å²) >= 11 is 0. The predicted octanol–water partition coefficient (Wildman–Crippen LogP) is 4.17. The van der Waals surface area contributed by atoms with Crippen LogP contribution < -0.4 is 14.8 Å². The van der Waals surface area contributed by atoms with Gasteiger partial charge in [-0.05, 0) is 31.2 Å². The number of methoxy groups -OCH3 is 1. The van der Waals surface area contributed by atoms with Crippen molar-refractivity contribution in [1.29, 1.82) is 0 Å². The van der Waals surface area contributed by atoms with Gasteiger partial charge in [0.2, 0.25) is 0 Å². The normalized spacial score (nSPS) is 11.3. The van der Waals surface area contributed by atoms with E-state index in [0.29, 0.717) is 17.3 Å². The molecule has 0 aliphatic rings. The Balaban J connectivity index is 1.69. The van der Waals surface area contributed by atoms with Gasteiger partial charge >= 0.3 is 6.18 Å². The monoisotopic (exact) mass is 395 g/mol. The zero-order valence-corrected chi connectivity index (χ0v) is 14.9. The number of amides is 1. The van der Waals surface area contributed by atoms with E-state index in [1.807, 2.05) is 0 Å². The van der Waals surface area contributed by atoms with Crippen LogP contribution in [0, 0.1) is 6.92 Å². The lowest BCUT2D eigenvalue weighted by atomic mass is 10.2. The zero-order valence-electron chi connectivity index (χ0n) is 14.9. The number of aromatic amines is 1. The molecule has 3 aromatic rings. The fourth-order valence-corrected chi connectivity index (χ4v) is 2.43. The summed E-state index contributed by atoms with van der Waals surface area (Å²) in [5.74, 6) is 0.334. The number of furan rings is 1. The number of rotatable bonds is 6. The highest BCUT2D eigenvalue weighted by molar-refractivity contribution is 6.03. The Morgan fingerprint density at radius 1 is 1.21 bits per heavy atom. The SMILES string of the molecule is COc1ccccc1OCc1ccc(C(=O)Nc2c(C(F)(F)F)n[nH]c2C)o1. The number of carbonyl (C=O) groups excluding carboxylic acids is 1. The molecule has 0 spiro atoms. The number of para-hydroxylation sites is 2. The summed E-state index contributed by atoms with van der Waals surface area (Å²) in [6.45, 7) is 1.37. The van der Waals surface area contributed by atoms with Gasteiger partial charge in [0.1, 0.15) is 12.4 Å². The minimum absolute atomic E-state index is 0.00614. The lowest BCUT2D eigenvalue weighted by Gasteiger charge is -2.09. The molecule has 2 N–H and O–H groups in total. The molecule has 0 aliphatic carbocycles. The van der Waals surface area contributed by atoms with Gasteiger partial charge in [0, 0.05) is 0 Å². The Hall–Kier alpha value is -3.43. The highest BCUT2D eigenvalue weighted by atomic mass is 19.4. The number of hydrogen-bond donors (Lipinski definition) is 2. The molecule has 2 aromatic heterocycles. The molecule has 2 heterocycles. The smallest absolute Gasteiger partial charge is 0.437 e. The Bertz CT molecular complexity index is 979. The summed E-state index contributed by atoms with van der Waals surface area (Å²) in [6, 6.07) is 9.83. The van der Waals surface area contributed by atoms with Crippen LogP contribution in [0.1, 0.15) is 27.7 Å². The topological polar surface area (TPSA) is 89.4 Å². The number of carbonyl (C=O) groups is 1. The third-order valence-electron chi connectivity index (χ3n) is 3.78. The van der Waals surface area contributed by atoms with Gasteiger partial charge in [0.05, 0.1) is 18.5 Å². The van der Waals surface area contributed by atoms with E-state index in [0.717, 1.165) is 0 Å². The maximum absolute atomic E-state index is 13.0. The summed E-state index contributed by atoms with van der Waals surface area (Å²) in [5, 5.41) is 7.58. The molecule has 0 aliphatic heterocycles. The first kappa shape index (κ1) is 19.3. The first-order valence-corrected chi connectivity index (χ1v) is 8.07. The van der Waals surface area contributed by atoms with Crippen molar-refractivity contribution in [3.05, 3.63) is 59.3 Å². The van der Waals surface area contributed by atoms with Crippen LogP contribution >= 0.6 is 0 Å². The predicted molar refractivity (Wildman–Crippen MR) is 92.3 cm³/mol. The minimum Gasteiger partial charge on any atom is -0.493 e. The van der Waals surface area contributed by atoms with Crippen molar-refractivity contribution in [2.75, 3.05) is 12.4 Å². The number of anilines is 1. The van der Waals surface area contributed by atoms with Crippen LogP contribution in [0.25, 0.3) is 0 Å². The van der Waals surface area contributed by atoms with E-state index in [-0.39, 0.29) is 18.1 Å². The van der Waals surface area contributed by atoms with Gasteiger partial charge in [0.15, 0.2) is 23.0 Å². The molecule has 0 unspecified atom stereocenters. The van der Waals surface area contributed by atoms with Crippen molar-refractivity contribution < 1.29 is 31.9 Å². The summed E-state index contributed by atoms with van der Waals surface area (Å²) in [5.41, 5.74) is -1.57. The molecule has 1 aromatic carbocycles. The van der Waals surface area contributed by atoms with Crippen molar-refractivity contribution in [1.82, 2.24) is 10.2 Å². The van der Waals surface area contributed by atoms with E-state index in [1.54, 1.807) is 24.3 Å². The Morgan fingerprint density at radius 3 is 2.61 bits per heavy atom. The quantitative estimate of drug-likeness (QED) is 0.654. The average Bonchev–Trinajstić information content (AvgIpc) is 3.27. The van der Waals surface area contributed by atoms with Crippen molar-refractivity contribution in [2.24, 2.45) is 0 Å². The molecule has 0 saturated heterocycles. The van der Waals surface area contributed by atoms with Gasteiger partial charge in [-0.1, -0.05) is 12.1 Å². The Labute approximate surface area is 157 Å². The zero-order chi connectivity index (χ0) is 20.3. The first-order chi connectivity index (χ1) is 13.3. The molecule has 0 radical (unpaired) electrons. The lowest BCUT2D eigenvalue weighted by Crippen LogP contribution is -2.16. The number of H-pyrrole nitrogens is 1. The van der Waals surface area contributed by atoms with E-state index in [9.17, 15) is 18.0 Å². The minimum atomic E-state index is -4.70. The van der Waals surface area contributed by atoms with Crippen molar-refractivity contribution in [3.63, 3.8) is 0 Å². The van der Waals surface area contributed by atoms with Crippen LogP contribution in [0.3, 0.4) is 0 Å². The van der Waals surface area contributed by atoms with Crippen LogP contribution in [0.4, 0.5) is 18.9 Å². The van der Waals surface area contributed by atoms with Gasteiger partial charge in [-0.15, -0.1) is 0 Å². The second-order valence-electron chi connectivity index (χ2n) is 5.73. The number of nitrogens with one attached hydrogen (secondary N) is 2. The number of benzene rings is 1. The van der Waals surface area contributed by atoms with Crippen LogP contribution in [0.2, 0.25) is 0 Å². The third kappa shape index (κ3) is 4.11. The van der Waals surface area contributed by atoms with Crippen LogP contribution in [0.15, 0.2) is 40.8 Å². The van der Waals surface area contributed by atoms with E-state index >= 15 is 0 Å². The molecular formula is C18H16F3N3O4. The number of hydrogen-bond acceptors (Lipinski definition) is 5. The fourth-order valence-electron chi connectivity index (χ4n) is 2.43. The average molecular weight is 395 g/mol. The van der Waals surface area contributed by atoms with E-state index in [1.165, 1.54) is 26.2 Å². The Morgan fingerprint density at radius 2 is 1.93 bits per heavy atom. The van der Waals surface area contributed by atoms with Crippen LogP contribution in [-0.2, 0) is 12.8 Å². The summed E-state index contributed by atoms with van der Waals surface area (Å²) in [7, 11) is 1.50. The second-order valence-corrected chi connectivity index (χ2v) is 5.73. The van der Waals surface area contributed by atoms with Gasteiger partial charge in [-0.3, -0.25) is 9.89 Å². The number of aryl methyl sites for hydroxylation is 1. The first-order valence-electron chi connectivity index (χ1n) is 8.07. The molecule has 0 bridgehead atoms. The van der Waals surface area contributed by atoms with E-state index < -0.39 is 23.5 Å². The highest BCUT2D eigenvalue weighted by Gasteiger charge is 2.38. The molecule has 0 atom stereocenters. The van der Waals surface area contributed by atoms with Crippen molar-refractivity contribution >= 4 is 11.6 Å². The number of ether oxygens (including phenoxy) is 2. The van der Waals surface area contributed by atoms with Gasteiger partial charge < -0.3 is 19.2 Å². The van der Waals surface area contributed by atoms with E-state index in [2.05, 4.69) is 15.5 Å². The molecular weight excluding hydrogens is 379 g/mol. The maximum atomic E-state index is 13.0. The third-order valence-corrected chi connectivity index (χ3v) is 3.78. The largest absolute Gasteiger partial charge is 0.493 e. The standard InChI is InChI=1S/C18H16F3N3O4/c1-10-15(16(24-23-10)18(19,20)21)22-17(25)14-8-7-11(28-14)9-27-13-6-4-3-5-12(13)26-2/h3-8H,9H2,1-2H3,(H,22,25)(H,23,24). The molecule has 0 fully saturated rings. The molecule has 10 heteroatoms. The van der Waals surface area contributed by atoms with Crippen LogP contribution in [0.5, 0.6) is 11.5 Å². The highest BCUT2D eigenvalue weighted by Crippen LogP contribution is 2.35. The lowest BCUT2D eigenvalue weighted by molar-refractivity contribution is -0.140. The number of halogens is 3. The maximum Gasteiger partial charge on any atom is 0.437 e. The molecule has 28 heavy (non-hydrogen) atoms. The number of nitrogens with zero attached hydrogens (tertiary/aromatic N) is 1. The van der Waals surface area contributed by atoms with Gasteiger partial charge in [0.25, 0.3) is 5.91 Å². The van der Waals surface area contributed by atoms with Crippen LogP contribution in [-0.4, -0.2) is 23.2 Å². The molecule has 1 amide bonds. The molecule has 7 nitrogen and oxygen atoms in total. The molecule has 148 valence electrons. The summed E-state index contributed by atoms with van der Waals surface area (Å²) < 4.78 is 55.0. The van der Waals surface area contributed by atoms with Crippen molar-refractivity contribution in [3.8, 4) is 11.5 Å². The van der Waals surface area contributed by atoms with Crippen molar-refractivity contribution in [2.45, 2.75) is 19.7 Å². The number of aromatic nitrogens is 2. The number of alkyl halides is 3.